The molecule has 0 spiro atoms. The number of nitrogens with one attached hydrogen (secondary N) is 3. The number of benzene rings is 1. The number of para-hydroxylation sites is 1. The van der Waals surface area contributed by atoms with Gasteiger partial charge in [0.25, 0.3) is 5.91 Å². The summed E-state index contributed by atoms with van der Waals surface area (Å²) in [6, 6.07) is 15.7. The second kappa shape index (κ2) is 9.82. The number of rotatable bonds is 6. The fourth-order valence-electron chi connectivity index (χ4n) is 3.26. The van der Waals surface area contributed by atoms with Gasteiger partial charge in [0.05, 0.1) is 18.5 Å². The van der Waals surface area contributed by atoms with Crippen LogP contribution in [0.1, 0.15) is 33.3 Å². The first-order chi connectivity index (χ1) is 16.4. The number of amides is 3. The molecule has 0 atom stereocenters. The highest BCUT2D eigenvalue weighted by Crippen LogP contribution is 2.13. The molecule has 1 aromatic carbocycles. The zero-order chi connectivity index (χ0) is 24.1. The van der Waals surface area contributed by atoms with Crippen molar-refractivity contribution < 1.29 is 18.8 Å². The van der Waals surface area contributed by atoms with Gasteiger partial charge in [0.1, 0.15) is 22.9 Å². The summed E-state index contributed by atoms with van der Waals surface area (Å²) in [7, 11) is 0. The summed E-state index contributed by atoms with van der Waals surface area (Å²) in [5, 5.41) is 8.92. The van der Waals surface area contributed by atoms with E-state index in [1.54, 1.807) is 60.0 Å². The van der Waals surface area contributed by atoms with Gasteiger partial charge in [-0.25, -0.2) is 10.4 Å². The number of fused-ring (bicyclic) bond motifs is 1. The van der Waals surface area contributed by atoms with Gasteiger partial charge in [-0.2, -0.15) is 5.10 Å². The van der Waals surface area contributed by atoms with E-state index in [0.29, 0.717) is 34.2 Å². The molecule has 3 amide bonds. The average Bonchev–Trinajstić information content (AvgIpc) is 3.40. The molecule has 3 aromatic heterocycles. The molecule has 0 aliphatic rings. The van der Waals surface area contributed by atoms with Gasteiger partial charge in [-0.1, -0.05) is 18.2 Å². The first-order valence-electron chi connectivity index (χ1n) is 10.4. The first-order valence-corrected chi connectivity index (χ1v) is 10.4. The van der Waals surface area contributed by atoms with Crippen LogP contribution < -0.4 is 16.1 Å². The van der Waals surface area contributed by atoms with Crippen LogP contribution in [0.3, 0.4) is 0 Å². The highest BCUT2D eigenvalue weighted by atomic mass is 16.3. The summed E-state index contributed by atoms with van der Waals surface area (Å²) in [5.74, 6) is -1.19. The quantitative estimate of drug-likeness (QED) is 0.232. The number of hydrazone groups is 1. The molecule has 10 nitrogen and oxygen atoms in total. The Hall–Kier alpha value is -4.73. The first kappa shape index (κ1) is 22.5. The van der Waals surface area contributed by atoms with Crippen LogP contribution in [0, 0.1) is 13.8 Å². The normalized spacial score (nSPS) is 11.0. The van der Waals surface area contributed by atoms with Crippen LogP contribution in [0.4, 0.5) is 5.69 Å². The van der Waals surface area contributed by atoms with Gasteiger partial charge < -0.3 is 15.1 Å². The molecule has 3 N–H and O–H groups in total. The summed E-state index contributed by atoms with van der Waals surface area (Å²) < 4.78 is 7.25. The van der Waals surface area contributed by atoms with Crippen molar-refractivity contribution in [1.29, 1.82) is 0 Å². The van der Waals surface area contributed by atoms with Crippen LogP contribution in [0.25, 0.3) is 5.65 Å². The lowest BCUT2D eigenvalue weighted by molar-refractivity contribution is -0.136. The minimum atomic E-state index is -0.790. The largest absolute Gasteiger partial charge is 0.458 e. The summed E-state index contributed by atoms with van der Waals surface area (Å²) in [6.07, 6.45) is 3.13. The Bertz CT molecular complexity index is 1390. The lowest BCUT2D eigenvalue weighted by atomic mass is 10.3. The zero-order valence-electron chi connectivity index (χ0n) is 18.5. The van der Waals surface area contributed by atoms with Gasteiger partial charge in [0.2, 0.25) is 0 Å². The average molecular weight is 458 g/mol. The molecule has 3 heterocycles. The van der Waals surface area contributed by atoms with Crippen molar-refractivity contribution in [2.75, 3.05) is 5.32 Å². The molecule has 10 heteroatoms. The van der Waals surface area contributed by atoms with Crippen LogP contribution in [-0.4, -0.2) is 33.3 Å². The maximum absolute atomic E-state index is 12.6. The van der Waals surface area contributed by atoms with E-state index in [-0.39, 0.29) is 6.54 Å². The Balaban J connectivity index is 1.30. The molecule has 0 unspecified atom stereocenters. The van der Waals surface area contributed by atoms with E-state index in [2.05, 4.69) is 26.1 Å². The molecule has 0 saturated heterocycles. The number of furan rings is 1. The van der Waals surface area contributed by atoms with Crippen molar-refractivity contribution in [2.45, 2.75) is 20.4 Å². The Morgan fingerprint density at radius 1 is 1.06 bits per heavy atom. The number of hydrogen-bond acceptors (Lipinski definition) is 6. The maximum atomic E-state index is 12.6. The Morgan fingerprint density at radius 3 is 2.65 bits per heavy atom. The van der Waals surface area contributed by atoms with Crippen LogP contribution in [0.2, 0.25) is 0 Å². The number of carbonyl (C=O) groups is 3. The Labute approximate surface area is 194 Å². The number of imidazole rings is 1. The highest BCUT2D eigenvalue weighted by Gasteiger charge is 2.16. The number of carbonyl (C=O) groups excluding carboxylic acids is 3. The van der Waals surface area contributed by atoms with E-state index in [0.717, 1.165) is 5.56 Å². The van der Waals surface area contributed by atoms with Gasteiger partial charge in [-0.3, -0.25) is 18.8 Å². The van der Waals surface area contributed by atoms with Crippen molar-refractivity contribution in [3.05, 3.63) is 89.3 Å². The third-order valence-electron chi connectivity index (χ3n) is 4.87. The van der Waals surface area contributed by atoms with Gasteiger partial charge >= 0.3 is 11.8 Å². The number of aryl methyl sites for hydroxylation is 2. The fourth-order valence-corrected chi connectivity index (χ4v) is 3.26. The predicted octanol–water partition coefficient (Wildman–Crippen LogP) is 2.56. The topological polar surface area (TPSA) is 130 Å². The number of pyridine rings is 1. The number of hydrogen-bond donors (Lipinski definition) is 3. The van der Waals surface area contributed by atoms with Crippen LogP contribution in [0.5, 0.6) is 0 Å². The lowest BCUT2D eigenvalue weighted by Crippen LogP contribution is -2.34. The molecule has 0 aliphatic carbocycles. The number of anilines is 1. The van der Waals surface area contributed by atoms with Crippen LogP contribution in [-0.2, 0) is 16.1 Å². The summed E-state index contributed by atoms with van der Waals surface area (Å²) in [4.78, 5) is 40.9. The minimum Gasteiger partial charge on any atom is -0.458 e. The molecule has 172 valence electrons. The highest BCUT2D eigenvalue weighted by molar-refractivity contribution is 6.39. The molecule has 0 fully saturated rings. The molecule has 4 aromatic rings. The molecule has 0 radical (unpaired) electrons. The molecule has 0 aliphatic heterocycles. The standard InChI is InChI=1S/C24H22N6O4/c1-15-10-11-30-20(12-15)27-16(2)21(30)22(31)29-26-14-19-9-8-18(34-19)13-25-23(32)24(33)28-17-6-4-3-5-7-17/h3-12,14H,13H2,1-2H3,(H,25,32)(H,28,33)(H,29,31)/b26-14+. The van der Waals surface area contributed by atoms with E-state index in [1.807, 2.05) is 19.1 Å². The number of nitrogens with zero attached hydrogens (tertiary/aromatic N) is 3. The van der Waals surface area contributed by atoms with Crippen molar-refractivity contribution in [3.63, 3.8) is 0 Å². The lowest BCUT2D eigenvalue weighted by Gasteiger charge is -2.05. The van der Waals surface area contributed by atoms with Crippen molar-refractivity contribution in [1.82, 2.24) is 20.1 Å². The molecule has 0 saturated carbocycles. The van der Waals surface area contributed by atoms with Gasteiger partial charge in [-0.05, 0) is 55.8 Å². The Morgan fingerprint density at radius 2 is 1.85 bits per heavy atom. The van der Waals surface area contributed by atoms with Gasteiger partial charge in [-0.15, -0.1) is 0 Å². The zero-order valence-corrected chi connectivity index (χ0v) is 18.5. The summed E-state index contributed by atoms with van der Waals surface area (Å²) >= 11 is 0. The van der Waals surface area contributed by atoms with Crippen molar-refractivity contribution in [2.24, 2.45) is 5.10 Å². The second-order valence-electron chi connectivity index (χ2n) is 7.48. The minimum absolute atomic E-state index is 0.0155. The molecule has 4 rings (SSSR count). The van der Waals surface area contributed by atoms with E-state index < -0.39 is 17.7 Å². The molecular formula is C24H22N6O4. The van der Waals surface area contributed by atoms with E-state index >= 15 is 0 Å². The van der Waals surface area contributed by atoms with E-state index in [4.69, 9.17) is 4.42 Å². The van der Waals surface area contributed by atoms with Gasteiger partial charge in [0, 0.05) is 11.9 Å². The SMILES string of the molecule is Cc1ccn2c(C(=O)N/N=C/c3ccc(CNC(=O)C(=O)Nc4ccccc4)o3)c(C)nc2c1. The molecule has 34 heavy (non-hydrogen) atoms. The van der Waals surface area contributed by atoms with Crippen LogP contribution in [0.15, 0.2) is 70.3 Å². The van der Waals surface area contributed by atoms with E-state index in [1.165, 1.54) is 6.21 Å². The Kier molecular flexibility index (Phi) is 6.49. The van der Waals surface area contributed by atoms with E-state index in [9.17, 15) is 14.4 Å². The summed E-state index contributed by atoms with van der Waals surface area (Å²) in [5.41, 5.74) is 5.70. The smallest absolute Gasteiger partial charge is 0.313 e. The summed E-state index contributed by atoms with van der Waals surface area (Å²) in [6.45, 7) is 3.73. The van der Waals surface area contributed by atoms with Crippen LogP contribution >= 0.6 is 0 Å². The molecular weight excluding hydrogens is 436 g/mol. The number of aromatic nitrogens is 2. The van der Waals surface area contributed by atoms with Gasteiger partial charge in [0.15, 0.2) is 0 Å². The fraction of sp³-hybridized carbons (Fsp3) is 0.125. The maximum Gasteiger partial charge on any atom is 0.313 e. The molecule has 0 bridgehead atoms. The monoisotopic (exact) mass is 458 g/mol. The second-order valence-corrected chi connectivity index (χ2v) is 7.48. The van der Waals surface area contributed by atoms with Crippen molar-refractivity contribution in [3.8, 4) is 0 Å². The third kappa shape index (κ3) is 5.18. The predicted molar refractivity (Wildman–Crippen MR) is 125 cm³/mol. The third-order valence-corrected chi connectivity index (χ3v) is 4.87. The van der Waals surface area contributed by atoms with Crippen molar-refractivity contribution >= 4 is 35.3 Å².